The van der Waals surface area contributed by atoms with Crippen LogP contribution in [0.4, 0.5) is 0 Å². The number of nitrogens with one attached hydrogen (secondary N) is 1. The van der Waals surface area contributed by atoms with Gasteiger partial charge in [-0.05, 0) is 43.9 Å². The van der Waals surface area contributed by atoms with Gasteiger partial charge in [-0.1, -0.05) is 45.2 Å². The average molecular weight is 288 g/mol. The molecular formula is C15H26ClNS. The van der Waals surface area contributed by atoms with Crippen molar-refractivity contribution in [2.24, 2.45) is 5.92 Å². The third-order valence-electron chi connectivity index (χ3n) is 3.31. The molecule has 1 heterocycles. The molecule has 0 radical (unpaired) electrons. The van der Waals surface area contributed by atoms with Gasteiger partial charge in [-0.25, -0.2) is 0 Å². The van der Waals surface area contributed by atoms with Crippen molar-refractivity contribution < 1.29 is 0 Å². The summed E-state index contributed by atoms with van der Waals surface area (Å²) in [5.41, 5.74) is 0. The van der Waals surface area contributed by atoms with Gasteiger partial charge in [0.05, 0.1) is 4.34 Å². The molecule has 0 aliphatic carbocycles. The third kappa shape index (κ3) is 4.91. The highest BCUT2D eigenvalue weighted by atomic mass is 35.5. The van der Waals surface area contributed by atoms with Crippen molar-refractivity contribution in [1.29, 1.82) is 0 Å². The SMILES string of the molecule is CCCNC(c1ccc(Cl)s1)C(CCC)CCC. The van der Waals surface area contributed by atoms with Crippen molar-refractivity contribution in [2.45, 2.75) is 58.9 Å². The van der Waals surface area contributed by atoms with E-state index < -0.39 is 0 Å². The minimum atomic E-state index is 0.488. The molecule has 0 spiro atoms. The van der Waals surface area contributed by atoms with Crippen LogP contribution in [0, 0.1) is 5.92 Å². The van der Waals surface area contributed by atoms with Crippen LogP contribution >= 0.6 is 22.9 Å². The highest BCUT2D eigenvalue weighted by molar-refractivity contribution is 7.16. The first-order valence-corrected chi connectivity index (χ1v) is 8.40. The zero-order valence-electron chi connectivity index (χ0n) is 11.8. The maximum Gasteiger partial charge on any atom is 0.0931 e. The average Bonchev–Trinajstić information content (AvgIpc) is 2.77. The Kier molecular flexibility index (Phi) is 7.96. The first kappa shape index (κ1) is 16.0. The van der Waals surface area contributed by atoms with Crippen LogP contribution in [0.2, 0.25) is 4.34 Å². The molecule has 1 aromatic heterocycles. The van der Waals surface area contributed by atoms with E-state index in [4.69, 9.17) is 11.6 Å². The Morgan fingerprint density at radius 1 is 1.11 bits per heavy atom. The minimum Gasteiger partial charge on any atom is -0.309 e. The molecule has 3 heteroatoms. The topological polar surface area (TPSA) is 12.0 Å². The van der Waals surface area contributed by atoms with E-state index in [9.17, 15) is 0 Å². The summed E-state index contributed by atoms with van der Waals surface area (Å²) >= 11 is 7.82. The molecule has 0 bridgehead atoms. The van der Waals surface area contributed by atoms with Crippen molar-refractivity contribution in [2.75, 3.05) is 6.54 Å². The van der Waals surface area contributed by atoms with Crippen molar-refractivity contribution in [3.8, 4) is 0 Å². The fourth-order valence-corrected chi connectivity index (χ4v) is 3.74. The van der Waals surface area contributed by atoms with Crippen LogP contribution in [-0.4, -0.2) is 6.54 Å². The molecule has 0 aromatic carbocycles. The van der Waals surface area contributed by atoms with Crippen molar-refractivity contribution in [1.82, 2.24) is 5.32 Å². The maximum absolute atomic E-state index is 6.09. The Hall–Kier alpha value is -0.0500. The highest BCUT2D eigenvalue weighted by Gasteiger charge is 2.22. The number of rotatable bonds is 9. The van der Waals surface area contributed by atoms with Gasteiger partial charge in [0.15, 0.2) is 0 Å². The fourth-order valence-electron chi connectivity index (χ4n) is 2.51. The van der Waals surface area contributed by atoms with Crippen LogP contribution in [0.5, 0.6) is 0 Å². The van der Waals surface area contributed by atoms with E-state index in [-0.39, 0.29) is 0 Å². The Morgan fingerprint density at radius 3 is 2.22 bits per heavy atom. The van der Waals surface area contributed by atoms with Crippen LogP contribution < -0.4 is 5.32 Å². The summed E-state index contributed by atoms with van der Waals surface area (Å²) in [6.07, 6.45) is 6.29. The minimum absolute atomic E-state index is 0.488. The molecule has 0 amide bonds. The second kappa shape index (κ2) is 8.95. The van der Waals surface area contributed by atoms with E-state index in [2.05, 4.69) is 32.2 Å². The Labute approximate surface area is 121 Å². The number of thiophene rings is 1. The lowest BCUT2D eigenvalue weighted by Crippen LogP contribution is -2.28. The summed E-state index contributed by atoms with van der Waals surface area (Å²) in [4.78, 5) is 1.40. The molecule has 1 nitrogen and oxygen atoms in total. The molecule has 18 heavy (non-hydrogen) atoms. The molecule has 0 fully saturated rings. The van der Waals surface area contributed by atoms with Crippen LogP contribution in [0.1, 0.15) is 63.8 Å². The van der Waals surface area contributed by atoms with Gasteiger partial charge in [-0.15, -0.1) is 11.3 Å². The Bertz CT molecular complexity index is 318. The second-order valence-electron chi connectivity index (χ2n) is 4.91. The summed E-state index contributed by atoms with van der Waals surface area (Å²) in [6, 6.07) is 4.71. The lowest BCUT2D eigenvalue weighted by atomic mass is 9.89. The first-order valence-electron chi connectivity index (χ1n) is 7.21. The van der Waals surface area contributed by atoms with E-state index in [0.717, 1.165) is 16.8 Å². The first-order chi connectivity index (χ1) is 8.72. The molecule has 0 saturated heterocycles. The largest absolute Gasteiger partial charge is 0.309 e. The van der Waals surface area contributed by atoms with Crippen LogP contribution in [0.3, 0.4) is 0 Å². The van der Waals surface area contributed by atoms with Gasteiger partial charge in [0.2, 0.25) is 0 Å². The Balaban J connectivity index is 2.80. The van der Waals surface area contributed by atoms with Crippen molar-refractivity contribution in [3.63, 3.8) is 0 Å². The summed E-state index contributed by atoms with van der Waals surface area (Å²) in [7, 11) is 0. The van der Waals surface area contributed by atoms with E-state index in [0.29, 0.717) is 6.04 Å². The fraction of sp³-hybridized carbons (Fsp3) is 0.733. The smallest absolute Gasteiger partial charge is 0.0931 e. The molecule has 1 rings (SSSR count). The summed E-state index contributed by atoms with van der Waals surface area (Å²) < 4.78 is 0.903. The molecule has 1 N–H and O–H groups in total. The van der Waals surface area contributed by atoms with Crippen molar-refractivity contribution in [3.05, 3.63) is 21.3 Å². The van der Waals surface area contributed by atoms with E-state index in [1.54, 1.807) is 11.3 Å². The zero-order valence-corrected chi connectivity index (χ0v) is 13.4. The standard InChI is InChI=1S/C15H26ClNS/c1-4-7-12(8-5-2)15(17-11-6-3)13-9-10-14(16)18-13/h9-10,12,15,17H,4-8,11H2,1-3H3. The number of halogens is 1. The quantitative estimate of drug-likeness (QED) is 0.618. The number of hydrogen-bond acceptors (Lipinski definition) is 2. The van der Waals surface area contributed by atoms with Gasteiger partial charge in [-0.3, -0.25) is 0 Å². The van der Waals surface area contributed by atoms with Gasteiger partial charge in [0.1, 0.15) is 0 Å². The molecule has 0 saturated carbocycles. The second-order valence-corrected chi connectivity index (χ2v) is 6.66. The predicted molar refractivity (Wildman–Crippen MR) is 83.7 cm³/mol. The monoisotopic (exact) mass is 287 g/mol. The van der Waals surface area contributed by atoms with Gasteiger partial charge in [-0.2, -0.15) is 0 Å². The molecule has 0 aliphatic heterocycles. The lowest BCUT2D eigenvalue weighted by Gasteiger charge is -2.27. The lowest BCUT2D eigenvalue weighted by molar-refractivity contribution is 0.320. The van der Waals surface area contributed by atoms with Gasteiger partial charge in [0, 0.05) is 10.9 Å². The normalized spacial score (nSPS) is 13.2. The molecule has 1 unspecified atom stereocenters. The summed E-state index contributed by atoms with van der Waals surface area (Å²) in [6.45, 7) is 7.87. The van der Waals surface area contributed by atoms with Crippen LogP contribution in [-0.2, 0) is 0 Å². The van der Waals surface area contributed by atoms with Gasteiger partial charge >= 0.3 is 0 Å². The third-order valence-corrected chi connectivity index (χ3v) is 4.62. The summed E-state index contributed by atoms with van der Waals surface area (Å²) in [5, 5.41) is 3.72. The van der Waals surface area contributed by atoms with Crippen LogP contribution in [0.25, 0.3) is 0 Å². The van der Waals surface area contributed by atoms with Gasteiger partial charge < -0.3 is 5.32 Å². The molecule has 1 atom stereocenters. The molecule has 104 valence electrons. The van der Waals surface area contributed by atoms with E-state index >= 15 is 0 Å². The highest BCUT2D eigenvalue weighted by Crippen LogP contribution is 2.35. The van der Waals surface area contributed by atoms with Crippen molar-refractivity contribution >= 4 is 22.9 Å². The Morgan fingerprint density at radius 2 is 1.78 bits per heavy atom. The zero-order chi connectivity index (χ0) is 13.4. The van der Waals surface area contributed by atoms with E-state index in [1.807, 2.05) is 6.07 Å². The summed E-state index contributed by atoms with van der Waals surface area (Å²) in [5.74, 6) is 0.737. The molecule has 1 aromatic rings. The number of hydrogen-bond donors (Lipinski definition) is 1. The van der Waals surface area contributed by atoms with Crippen LogP contribution in [0.15, 0.2) is 12.1 Å². The predicted octanol–water partition coefficient (Wildman–Crippen LogP) is 5.66. The molecule has 0 aliphatic rings. The van der Waals surface area contributed by atoms with Gasteiger partial charge in [0.25, 0.3) is 0 Å². The van der Waals surface area contributed by atoms with E-state index in [1.165, 1.54) is 37.0 Å². The molecular weight excluding hydrogens is 262 g/mol. The maximum atomic E-state index is 6.09.